The molecular formula is C22H29N3O2. The van der Waals surface area contributed by atoms with Crippen LogP contribution in [0.2, 0.25) is 0 Å². The molecule has 0 aromatic heterocycles. The minimum atomic E-state index is -0.330. The number of hydrogen-bond acceptors (Lipinski definition) is 3. The molecule has 27 heavy (non-hydrogen) atoms. The van der Waals surface area contributed by atoms with Gasteiger partial charge in [-0.2, -0.15) is 0 Å². The first-order valence-corrected chi connectivity index (χ1v) is 9.46. The van der Waals surface area contributed by atoms with Crippen molar-refractivity contribution in [3.63, 3.8) is 0 Å². The van der Waals surface area contributed by atoms with Gasteiger partial charge in [0.25, 0.3) is 0 Å². The first kappa shape index (κ1) is 20.6. The fourth-order valence-electron chi connectivity index (χ4n) is 2.92. The number of nitrogens with zero attached hydrogens (tertiary/aromatic N) is 1. The second kappa shape index (κ2) is 10.5. The minimum Gasteiger partial charge on any atom is -0.350 e. The summed E-state index contributed by atoms with van der Waals surface area (Å²) in [6, 6.07) is 17.0. The van der Waals surface area contributed by atoms with Crippen LogP contribution in [0, 0.1) is 0 Å². The quantitative estimate of drug-likeness (QED) is 0.710. The molecule has 0 spiro atoms. The zero-order valence-corrected chi connectivity index (χ0v) is 16.4. The van der Waals surface area contributed by atoms with Gasteiger partial charge in [0, 0.05) is 18.7 Å². The second-order valence-corrected chi connectivity index (χ2v) is 6.60. The SMILES string of the molecule is CCCC(=O)Nc1cccc(CNC(=O)C(c2ccccc2)N(C)CC)c1. The van der Waals surface area contributed by atoms with Crippen molar-refractivity contribution in [2.45, 2.75) is 39.3 Å². The first-order chi connectivity index (χ1) is 13.0. The van der Waals surface area contributed by atoms with Crippen LogP contribution in [0.5, 0.6) is 0 Å². The summed E-state index contributed by atoms with van der Waals surface area (Å²) < 4.78 is 0. The van der Waals surface area contributed by atoms with Crippen LogP contribution in [-0.2, 0) is 16.1 Å². The van der Waals surface area contributed by atoms with E-state index in [-0.39, 0.29) is 17.9 Å². The van der Waals surface area contributed by atoms with Crippen molar-refractivity contribution in [2.24, 2.45) is 0 Å². The average molecular weight is 367 g/mol. The van der Waals surface area contributed by atoms with Gasteiger partial charge in [0.05, 0.1) is 0 Å². The molecule has 2 aromatic rings. The summed E-state index contributed by atoms with van der Waals surface area (Å²) in [6.07, 6.45) is 1.32. The lowest BCUT2D eigenvalue weighted by Crippen LogP contribution is -2.38. The molecule has 5 nitrogen and oxygen atoms in total. The molecule has 0 saturated carbocycles. The van der Waals surface area contributed by atoms with Gasteiger partial charge in [-0.25, -0.2) is 0 Å². The third kappa shape index (κ3) is 6.22. The third-order valence-electron chi connectivity index (χ3n) is 4.46. The lowest BCUT2D eigenvalue weighted by Gasteiger charge is -2.26. The Hall–Kier alpha value is -2.66. The molecule has 0 aliphatic heterocycles. The molecule has 2 aromatic carbocycles. The molecule has 0 aliphatic carbocycles. The van der Waals surface area contributed by atoms with Crippen molar-refractivity contribution in [3.05, 3.63) is 65.7 Å². The zero-order chi connectivity index (χ0) is 19.6. The Bertz CT molecular complexity index is 746. The maximum atomic E-state index is 12.8. The average Bonchev–Trinajstić information content (AvgIpc) is 2.67. The van der Waals surface area contributed by atoms with Gasteiger partial charge in [-0.15, -0.1) is 0 Å². The second-order valence-electron chi connectivity index (χ2n) is 6.60. The predicted octanol–water partition coefficient (Wildman–Crippen LogP) is 3.73. The lowest BCUT2D eigenvalue weighted by atomic mass is 10.0. The van der Waals surface area contributed by atoms with Gasteiger partial charge in [-0.1, -0.05) is 56.3 Å². The number of carbonyl (C=O) groups excluding carboxylic acids is 2. The smallest absolute Gasteiger partial charge is 0.242 e. The van der Waals surface area contributed by atoms with Gasteiger partial charge in [0.1, 0.15) is 6.04 Å². The van der Waals surface area contributed by atoms with Crippen LogP contribution in [0.1, 0.15) is 43.9 Å². The molecule has 0 bridgehead atoms. The number of carbonyl (C=O) groups is 2. The van der Waals surface area contributed by atoms with Gasteiger partial charge >= 0.3 is 0 Å². The summed E-state index contributed by atoms with van der Waals surface area (Å²) in [5.74, 6) is -0.0293. The number of rotatable bonds is 9. The highest BCUT2D eigenvalue weighted by atomic mass is 16.2. The first-order valence-electron chi connectivity index (χ1n) is 9.46. The van der Waals surface area contributed by atoms with E-state index in [1.807, 2.05) is 80.4 Å². The molecule has 0 heterocycles. The molecule has 0 fully saturated rings. The summed E-state index contributed by atoms with van der Waals surface area (Å²) in [4.78, 5) is 26.6. The molecule has 1 unspecified atom stereocenters. The van der Waals surface area contributed by atoms with E-state index in [0.29, 0.717) is 13.0 Å². The summed E-state index contributed by atoms with van der Waals surface area (Å²) in [7, 11) is 1.95. The van der Waals surface area contributed by atoms with E-state index in [1.54, 1.807) is 0 Å². The maximum Gasteiger partial charge on any atom is 0.242 e. The monoisotopic (exact) mass is 367 g/mol. The molecular weight excluding hydrogens is 338 g/mol. The number of anilines is 1. The molecule has 2 amide bonds. The van der Waals surface area contributed by atoms with Crippen molar-refractivity contribution >= 4 is 17.5 Å². The van der Waals surface area contributed by atoms with Gasteiger partial charge < -0.3 is 10.6 Å². The largest absolute Gasteiger partial charge is 0.350 e. The maximum absolute atomic E-state index is 12.8. The van der Waals surface area contributed by atoms with E-state index in [0.717, 1.165) is 29.8 Å². The number of likely N-dealkylation sites (N-methyl/N-ethyl adjacent to an activating group) is 1. The minimum absolute atomic E-state index is 0.00685. The summed E-state index contributed by atoms with van der Waals surface area (Å²) >= 11 is 0. The fraction of sp³-hybridized carbons (Fsp3) is 0.364. The number of nitrogens with one attached hydrogen (secondary N) is 2. The Labute approximate surface area is 161 Å². The zero-order valence-electron chi connectivity index (χ0n) is 16.4. The van der Waals surface area contributed by atoms with E-state index < -0.39 is 0 Å². The molecule has 5 heteroatoms. The number of amides is 2. The van der Waals surface area contributed by atoms with Gasteiger partial charge in [-0.05, 0) is 43.3 Å². The summed E-state index contributed by atoms with van der Waals surface area (Å²) in [6.45, 7) is 5.19. The van der Waals surface area contributed by atoms with Gasteiger partial charge in [-0.3, -0.25) is 14.5 Å². The van der Waals surface area contributed by atoms with Crippen LogP contribution in [-0.4, -0.2) is 30.3 Å². The number of hydrogen-bond donors (Lipinski definition) is 2. The lowest BCUT2D eigenvalue weighted by molar-refractivity contribution is -0.126. The molecule has 0 radical (unpaired) electrons. The molecule has 1 atom stereocenters. The highest BCUT2D eigenvalue weighted by molar-refractivity contribution is 5.90. The summed E-state index contributed by atoms with van der Waals surface area (Å²) in [5, 5.41) is 5.91. The van der Waals surface area contributed by atoms with E-state index in [1.165, 1.54) is 0 Å². The van der Waals surface area contributed by atoms with E-state index in [2.05, 4.69) is 10.6 Å². The number of benzene rings is 2. The van der Waals surface area contributed by atoms with Crippen molar-refractivity contribution in [3.8, 4) is 0 Å². The van der Waals surface area contributed by atoms with Crippen molar-refractivity contribution in [1.29, 1.82) is 0 Å². The van der Waals surface area contributed by atoms with Crippen LogP contribution in [0.3, 0.4) is 0 Å². The van der Waals surface area contributed by atoms with Crippen LogP contribution in [0.15, 0.2) is 54.6 Å². The van der Waals surface area contributed by atoms with Crippen molar-refractivity contribution in [1.82, 2.24) is 10.2 Å². The van der Waals surface area contributed by atoms with E-state index >= 15 is 0 Å². The van der Waals surface area contributed by atoms with Gasteiger partial charge in [0.15, 0.2) is 0 Å². The Kier molecular flexibility index (Phi) is 8.01. The topological polar surface area (TPSA) is 61.4 Å². The third-order valence-corrected chi connectivity index (χ3v) is 4.46. The fourth-order valence-corrected chi connectivity index (χ4v) is 2.92. The molecule has 2 rings (SSSR count). The van der Waals surface area contributed by atoms with Gasteiger partial charge in [0.2, 0.25) is 11.8 Å². The summed E-state index contributed by atoms with van der Waals surface area (Å²) in [5.41, 5.74) is 2.68. The molecule has 144 valence electrons. The van der Waals surface area contributed by atoms with Crippen LogP contribution in [0.4, 0.5) is 5.69 Å². The molecule has 0 saturated heterocycles. The molecule has 2 N–H and O–H groups in total. The Morgan fingerprint density at radius 3 is 2.44 bits per heavy atom. The van der Waals surface area contributed by atoms with Crippen LogP contribution in [0.25, 0.3) is 0 Å². The standard InChI is InChI=1S/C22H29N3O2/c1-4-10-20(26)24-19-14-9-11-17(15-19)16-23-22(27)21(25(3)5-2)18-12-7-6-8-13-18/h6-9,11-15,21H,4-5,10,16H2,1-3H3,(H,23,27)(H,24,26). The highest BCUT2D eigenvalue weighted by Crippen LogP contribution is 2.19. The predicted molar refractivity (Wildman–Crippen MR) is 109 cm³/mol. The Balaban J connectivity index is 2.03. The normalized spacial score (nSPS) is 11.9. The van der Waals surface area contributed by atoms with Crippen LogP contribution >= 0.6 is 0 Å². The Morgan fingerprint density at radius 2 is 1.78 bits per heavy atom. The highest BCUT2D eigenvalue weighted by Gasteiger charge is 2.23. The molecule has 0 aliphatic rings. The van der Waals surface area contributed by atoms with E-state index in [4.69, 9.17) is 0 Å². The van der Waals surface area contributed by atoms with Crippen molar-refractivity contribution in [2.75, 3.05) is 18.9 Å². The van der Waals surface area contributed by atoms with E-state index in [9.17, 15) is 9.59 Å². The van der Waals surface area contributed by atoms with Crippen LogP contribution < -0.4 is 10.6 Å². The Morgan fingerprint density at radius 1 is 1.04 bits per heavy atom. The van der Waals surface area contributed by atoms with Crippen molar-refractivity contribution < 1.29 is 9.59 Å².